The van der Waals surface area contributed by atoms with Gasteiger partial charge in [0, 0.05) is 41.7 Å². The number of nitrogens with one attached hydrogen (secondary N) is 2. The van der Waals surface area contributed by atoms with E-state index in [1.54, 1.807) is 0 Å². The minimum Gasteiger partial charge on any atom is -0.494 e. The predicted molar refractivity (Wildman–Crippen MR) is 100.0 cm³/mol. The Bertz CT molecular complexity index is 724. The number of aromatic amines is 1. The molecule has 2 rings (SSSR count). The van der Waals surface area contributed by atoms with E-state index in [1.807, 2.05) is 27.0 Å². The van der Waals surface area contributed by atoms with Crippen molar-refractivity contribution in [1.29, 1.82) is 0 Å². The zero-order chi connectivity index (χ0) is 17.5. The van der Waals surface area contributed by atoms with Gasteiger partial charge < -0.3 is 15.0 Å². The van der Waals surface area contributed by atoms with Gasteiger partial charge in [-0.25, -0.2) is 0 Å². The van der Waals surface area contributed by atoms with Gasteiger partial charge in [0.05, 0.1) is 6.61 Å². The van der Waals surface area contributed by atoms with Gasteiger partial charge in [-0.15, -0.1) is 0 Å². The summed E-state index contributed by atoms with van der Waals surface area (Å²) in [4.78, 5) is 17.5. The lowest BCUT2D eigenvalue weighted by Gasteiger charge is -2.22. The first-order valence-electron chi connectivity index (χ1n) is 8.81. The summed E-state index contributed by atoms with van der Waals surface area (Å²) < 4.78 is 5.86. The number of rotatable bonds is 9. The summed E-state index contributed by atoms with van der Waals surface area (Å²) in [5, 5.41) is 4.21. The van der Waals surface area contributed by atoms with Gasteiger partial charge in [0.15, 0.2) is 0 Å². The molecule has 132 valence electrons. The number of fused-ring (bicyclic) bond motifs is 1. The van der Waals surface area contributed by atoms with Gasteiger partial charge in [-0.05, 0) is 45.1 Å². The Labute approximate surface area is 144 Å². The fraction of sp³-hybridized carbons (Fsp3) is 0.526. The van der Waals surface area contributed by atoms with Crippen molar-refractivity contribution >= 4 is 10.9 Å². The van der Waals surface area contributed by atoms with Crippen LogP contribution in [0.25, 0.3) is 10.9 Å². The minimum atomic E-state index is 0.00244. The van der Waals surface area contributed by atoms with E-state index in [1.165, 1.54) is 0 Å². The Morgan fingerprint density at radius 2 is 1.96 bits per heavy atom. The van der Waals surface area contributed by atoms with Gasteiger partial charge in [0.2, 0.25) is 0 Å². The van der Waals surface area contributed by atoms with Crippen LogP contribution in [0.4, 0.5) is 0 Å². The van der Waals surface area contributed by atoms with Crippen LogP contribution < -0.4 is 15.6 Å². The highest BCUT2D eigenvalue weighted by Crippen LogP contribution is 2.26. The molecule has 5 heteroatoms. The van der Waals surface area contributed by atoms with Gasteiger partial charge in [-0.1, -0.05) is 13.8 Å². The van der Waals surface area contributed by atoms with Crippen LogP contribution in [-0.2, 0) is 13.0 Å². The fourth-order valence-corrected chi connectivity index (χ4v) is 2.86. The normalized spacial score (nSPS) is 11.4. The highest BCUT2D eigenvalue weighted by atomic mass is 16.5. The Hall–Kier alpha value is -1.85. The third-order valence-electron chi connectivity index (χ3n) is 4.30. The summed E-state index contributed by atoms with van der Waals surface area (Å²) in [6, 6.07) is 6.08. The van der Waals surface area contributed by atoms with Crippen LogP contribution in [-0.4, -0.2) is 43.2 Å². The molecule has 0 amide bonds. The molecule has 0 aliphatic rings. The molecule has 1 aromatic carbocycles. The van der Waals surface area contributed by atoms with E-state index in [9.17, 15) is 4.79 Å². The Morgan fingerprint density at radius 1 is 1.17 bits per heavy atom. The average Bonchev–Trinajstić information content (AvgIpc) is 2.58. The molecule has 0 fully saturated rings. The molecular formula is C19H29N3O2. The van der Waals surface area contributed by atoms with Crippen molar-refractivity contribution in [3.8, 4) is 5.75 Å². The number of likely N-dealkylation sites (N-methyl/N-ethyl adjacent to an activating group) is 2. The second-order valence-electron chi connectivity index (χ2n) is 5.93. The van der Waals surface area contributed by atoms with Crippen LogP contribution in [0.3, 0.4) is 0 Å². The van der Waals surface area contributed by atoms with Gasteiger partial charge >= 0.3 is 0 Å². The minimum absolute atomic E-state index is 0.00244. The molecule has 2 N–H and O–H groups in total. The van der Waals surface area contributed by atoms with Crippen LogP contribution in [0.5, 0.6) is 5.75 Å². The zero-order valence-electron chi connectivity index (χ0n) is 15.2. The number of pyridine rings is 1. The molecule has 0 bridgehead atoms. The van der Waals surface area contributed by atoms with Crippen molar-refractivity contribution in [2.75, 3.05) is 33.3 Å². The summed E-state index contributed by atoms with van der Waals surface area (Å²) in [6.45, 7) is 10.5. The van der Waals surface area contributed by atoms with Crippen LogP contribution in [0.2, 0.25) is 0 Å². The topological polar surface area (TPSA) is 57.4 Å². The number of nitrogens with zero attached hydrogens (tertiary/aromatic N) is 1. The summed E-state index contributed by atoms with van der Waals surface area (Å²) in [6.07, 6.45) is 0.727. The Morgan fingerprint density at radius 3 is 2.58 bits per heavy atom. The second kappa shape index (κ2) is 8.85. The highest BCUT2D eigenvalue weighted by molar-refractivity contribution is 5.82. The lowest BCUT2D eigenvalue weighted by molar-refractivity contribution is 0.271. The molecule has 0 saturated carbocycles. The summed E-state index contributed by atoms with van der Waals surface area (Å²) >= 11 is 0. The molecular weight excluding hydrogens is 302 g/mol. The molecule has 0 radical (unpaired) electrons. The Kier molecular flexibility index (Phi) is 6.82. The van der Waals surface area contributed by atoms with E-state index < -0.39 is 0 Å². The molecule has 24 heavy (non-hydrogen) atoms. The standard InChI is InChI=1S/C19H29N3O2/c1-5-14-10-15-12-18(24-7-3)16(11-17(15)21-19(14)23)13-22(6-2)9-8-20-4/h10-12,20H,5-9,13H2,1-4H3,(H,21,23). The number of ether oxygens (including phenoxy) is 1. The van der Waals surface area contributed by atoms with Crippen LogP contribution in [0.1, 0.15) is 31.9 Å². The van der Waals surface area contributed by atoms with E-state index in [2.05, 4.69) is 34.3 Å². The van der Waals surface area contributed by atoms with Crippen molar-refractivity contribution in [2.45, 2.75) is 33.7 Å². The van der Waals surface area contributed by atoms with Crippen molar-refractivity contribution < 1.29 is 4.74 Å². The molecule has 0 aliphatic carbocycles. The number of benzene rings is 1. The molecule has 1 aromatic heterocycles. The van der Waals surface area contributed by atoms with Gasteiger partial charge in [-0.2, -0.15) is 0 Å². The third-order valence-corrected chi connectivity index (χ3v) is 4.30. The lowest BCUT2D eigenvalue weighted by atomic mass is 10.1. The first-order valence-corrected chi connectivity index (χ1v) is 8.81. The van der Waals surface area contributed by atoms with Crippen LogP contribution >= 0.6 is 0 Å². The SMILES string of the molecule is CCOc1cc2cc(CC)c(=O)[nH]c2cc1CN(CC)CCNC. The largest absolute Gasteiger partial charge is 0.494 e. The van der Waals surface area contributed by atoms with Crippen molar-refractivity contribution in [1.82, 2.24) is 15.2 Å². The maximum Gasteiger partial charge on any atom is 0.251 e. The lowest BCUT2D eigenvalue weighted by Crippen LogP contribution is -2.30. The number of hydrogen-bond donors (Lipinski definition) is 2. The molecule has 0 saturated heterocycles. The molecule has 2 aromatic rings. The highest BCUT2D eigenvalue weighted by Gasteiger charge is 2.12. The van der Waals surface area contributed by atoms with E-state index in [-0.39, 0.29) is 5.56 Å². The van der Waals surface area contributed by atoms with Crippen molar-refractivity contribution in [2.24, 2.45) is 0 Å². The van der Waals surface area contributed by atoms with E-state index in [0.29, 0.717) is 6.61 Å². The van der Waals surface area contributed by atoms with Crippen LogP contribution in [0.15, 0.2) is 23.0 Å². The van der Waals surface area contributed by atoms with Crippen molar-refractivity contribution in [3.63, 3.8) is 0 Å². The zero-order valence-corrected chi connectivity index (χ0v) is 15.2. The molecule has 0 unspecified atom stereocenters. The quantitative estimate of drug-likeness (QED) is 0.741. The van der Waals surface area contributed by atoms with Gasteiger partial charge in [0.1, 0.15) is 5.75 Å². The van der Waals surface area contributed by atoms with E-state index in [0.717, 1.165) is 60.4 Å². The number of aryl methyl sites for hydroxylation is 1. The summed E-state index contributed by atoms with van der Waals surface area (Å²) in [5.74, 6) is 0.905. The smallest absolute Gasteiger partial charge is 0.251 e. The maximum absolute atomic E-state index is 12.1. The third kappa shape index (κ3) is 4.36. The second-order valence-corrected chi connectivity index (χ2v) is 5.93. The van der Waals surface area contributed by atoms with Crippen molar-refractivity contribution in [3.05, 3.63) is 39.7 Å². The Balaban J connectivity index is 2.42. The monoisotopic (exact) mass is 331 g/mol. The van der Waals surface area contributed by atoms with E-state index >= 15 is 0 Å². The fourth-order valence-electron chi connectivity index (χ4n) is 2.86. The number of hydrogen-bond acceptors (Lipinski definition) is 4. The molecule has 0 spiro atoms. The average molecular weight is 331 g/mol. The molecule has 0 atom stereocenters. The molecule has 1 heterocycles. The first-order chi connectivity index (χ1) is 11.6. The number of H-pyrrole nitrogens is 1. The maximum atomic E-state index is 12.1. The van der Waals surface area contributed by atoms with E-state index in [4.69, 9.17) is 4.74 Å². The molecule has 0 aliphatic heterocycles. The summed E-state index contributed by atoms with van der Waals surface area (Å²) in [5.41, 5.74) is 2.80. The van der Waals surface area contributed by atoms with Gasteiger partial charge in [-0.3, -0.25) is 9.69 Å². The number of aromatic nitrogens is 1. The first kappa shape index (κ1) is 18.5. The summed E-state index contributed by atoms with van der Waals surface area (Å²) in [7, 11) is 1.96. The predicted octanol–water partition coefficient (Wildman–Crippen LogP) is 2.53. The van der Waals surface area contributed by atoms with Crippen LogP contribution in [0, 0.1) is 0 Å². The van der Waals surface area contributed by atoms with Gasteiger partial charge in [0.25, 0.3) is 5.56 Å². The molecule has 5 nitrogen and oxygen atoms in total.